The molecule has 0 aromatic carbocycles. The summed E-state index contributed by atoms with van der Waals surface area (Å²) >= 11 is 0. The monoisotopic (exact) mass is 224 g/mol. The average molecular weight is 224 g/mol. The molecule has 0 aliphatic heterocycles. The van der Waals surface area contributed by atoms with Gasteiger partial charge in [0, 0.05) is 12.1 Å². The van der Waals surface area contributed by atoms with Crippen LogP contribution < -0.4 is 5.32 Å². The molecule has 2 nitrogen and oxygen atoms in total. The van der Waals surface area contributed by atoms with Gasteiger partial charge in [0.15, 0.2) is 0 Å². The van der Waals surface area contributed by atoms with Crippen LogP contribution in [-0.4, -0.2) is 37.1 Å². The maximum Gasteiger partial charge on any atom is 0.00922 e. The van der Waals surface area contributed by atoms with Crippen molar-refractivity contribution in [1.29, 1.82) is 0 Å². The number of rotatable bonds is 6. The van der Waals surface area contributed by atoms with Crippen molar-refractivity contribution in [2.75, 3.05) is 20.1 Å². The van der Waals surface area contributed by atoms with Crippen molar-refractivity contribution in [2.45, 2.75) is 69.9 Å². The van der Waals surface area contributed by atoms with Crippen molar-refractivity contribution in [2.24, 2.45) is 0 Å². The highest BCUT2D eigenvalue weighted by atomic mass is 15.1. The minimum absolute atomic E-state index is 0.836. The molecule has 0 unspecified atom stereocenters. The molecule has 2 rings (SSSR count). The van der Waals surface area contributed by atoms with E-state index in [2.05, 4.69) is 17.3 Å². The Kier molecular flexibility index (Phi) is 5.11. The van der Waals surface area contributed by atoms with E-state index in [1.165, 1.54) is 70.9 Å². The third kappa shape index (κ3) is 3.74. The first-order valence-corrected chi connectivity index (χ1v) is 7.30. The predicted octanol–water partition coefficient (Wildman–Crippen LogP) is 2.78. The van der Waals surface area contributed by atoms with Gasteiger partial charge in [0.2, 0.25) is 0 Å². The normalized spacial score (nSPS) is 23.6. The molecule has 2 saturated carbocycles. The van der Waals surface area contributed by atoms with Crippen molar-refractivity contribution < 1.29 is 0 Å². The van der Waals surface area contributed by atoms with E-state index in [9.17, 15) is 0 Å². The van der Waals surface area contributed by atoms with Crippen LogP contribution in [0.1, 0.15) is 57.8 Å². The van der Waals surface area contributed by atoms with Crippen LogP contribution in [0, 0.1) is 0 Å². The molecule has 0 radical (unpaired) electrons. The first kappa shape index (κ1) is 12.4. The first-order chi connectivity index (χ1) is 7.86. The number of hydrogen-bond donors (Lipinski definition) is 1. The summed E-state index contributed by atoms with van der Waals surface area (Å²) in [6, 6.07) is 1.75. The van der Waals surface area contributed by atoms with Gasteiger partial charge in [-0.3, -0.25) is 0 Å². The minimum atomic E-state index is 0.836. The lowest BCUT2D eigenvalue weighted by atomic mass is 9.92. The lowest BCUT2D eigenvalue weighted by molar-refractivity contribution is 0.157. The molecular weight excluding hydrogens is 196 g/mol. The second kappa shape index (κ2) is 6.61. The quantitative estimate of drug-likeness (QED) is 0.698. The summed E-state index contributed by atoms with van der Waals surface area (Å²) in [5.74, 6) is 0. The third-order valence-corrected chi connectivity index (χ3v) is 4.42. The van der Waals surface area contributed by atoms with Crippen LogP contribution >= 0.6 is 0 Å². The van der Waals surface area contributed by atoms with Gasteiger partial charge in [-0.15, -0.1) is 0 Å². The van der Waals surface area contributed by atoms with E-state index in [0.717, 1.165) is 12.1 Å². The zero-order valence-electron chi connectivity index (χ0n) is 10.9. The molecule has 2 aliphatic rings. The molecule has 94 valence electrons. The van der Waals surface area contributed by atoms with E-state index in [1.54, 1.807) is 0 Å². The number of nitrogens with zero attached hydrogens (tertiary/aromatic N) is 1. The molecule has 0 aromatic heterocycles. The number of hydrogen-bond acceptors (Lipinski definition) is 2. The zero-order valence-corrected chi connectivity index (χ0v) is 10.9. The molecule has 1 N–H and O–H groups in total. The highest BCUT2D eigenvalue weighted by Crippen LogP contribution is 2.23. The van der Waals surface area contributed by atoms with Crippen LogP contribution in [0.2, 0.25) is 0 Å². The maximum atomic E-state index is 3.73. The first-order valence-electron chi connectivity index (χ1n) is 7.30. The van der Waals surface area contributed by atoms with E-state index in [4.69, 9.17) is 0 Å². The van der Waals surface area contributed by atoms with Crippen molar-refractivity contribution in [1.82, 2.24) is 10.2 Å². The standard InChI is InChI=1S/C14H28N2/c1-16(14-9-5-10-14)12-6-11-15-13-7-3-2-4-8-13/h13-15H,2-12H2,1H3. The Morgan fingerprint density at radius 2 is 1.75 bits per heavy atom. The van der Waals surface area contributed by atoms with Crippen LogP contribution in [0.25, 0.3) is 0 Å². The number of nitrogens with one attached hydrogen (secondary N) is 1. The van der Waals surface area contributed by atoms with Crippen LogP contribution in [0.3, 0.4) is 0 Å². The molecule has 2 aliphatic carbocycles. The Labute approximate surface area is 101 Å². The largest absolute Gasteiger partial charge is 0.314 e. The molecule has 0 heterocycles. The Hall–Kier alpha value is -0.0800. The van der Waals surface area contributed by atoms with E-state index in [1.807, 2.05) is 0 Å². The molecule has 0 bridgehead atoms. The Morgan fingerprint density at radius 3 is 2.38 bits per heavy atom. The van der Waals surface area contributed by atoms with E-state index in [0.29, 0.717) is 0 Å². The van der Waals surface area contributed by atoms with Crippen molar-refractivity contribution in [3.63, 3.8) is 0 Å². The third-order valence-electron chi connectivity index (χ3n) is 4.42. The topological polar surface area (TPSA) is 15.3 Å². The van der Waals surface area contributed by atoms with Crippen molar-refractivity contribution in [3.8, 4) is 0 Å². The van der Waals surface area contributed by atoms with Gasteiger partial charge in [-0.05, 0) is 52.2 Å². The lowest BCUT2D eigenvalue weighted by Gasteiger charge is -2.34. The second-order valence-electron chi connectivity index (χ2n) is 5.71. The summed E-state index contributed by atoms with van der Waals surface area (Å²) in [6.07, 6.45) is 12.8. The highest BCUT2D eigenvalue weighted by molar-refractivity contribution is 4.78. The lowest BCUT2D eigenvalue weighted by Crippen LogP contribution is -2.39. The molecule has 0 saturated heterocycles. The van der Waals surface area contributed by atoms with Crippen molar-refractivity contribution >= 4 is 0 Å². The molecule has 0 aromatic rings. The smallest absolute Gasteiger partial charge is 0.00922 e. The average Bonchev–Trinajstić information content (AvgIpc) is 2.23. The SMILES string of the molecule is CN(CCCNC1CCCCC1)C1CCC1. The summed E-state index contributed by atoms with van der Waals surface area (Å²) in [5.41, 5.74) is 0. The molecule has 16 heavy (non-hydrogen) atoms. The van der Waals surface area contributed by atoms with Crippen LogP contribution in [0.5, 0.6) is 0 Å². The molecule has 2 fully saturated rings. The van der Waals surface area contributed by atoms with Gasteiger partial charge < -0.3 is 10.2 Å². The van der Waals surface area contributed by atoms with Gasteiger partial charge in [0.05, 0.1) is 0 Å². The Balaban J connectivity index is 1.47. The van der Waals surface area contributed by atoms with E-state index in [-0.39, 0.29) is 0 Å². The summed E-state index contributed by atoms with van der Waals surface area (Å²) in [6.45, 7) is 2.51. The molecule has 0 amide bonds. The second-order valence-corrected chi connectivity index (χ2v) is 5.71. The van der Waals surface area contributed by atoms with Crippen LogP contribution in [0.15, 0.2) is 0 Å². The van der Waals surface area contributed by atoms with E-state index < -0.39 is 0 Å². The molecular formula is C14H28N2. The van der Waals surface area contributed by atoms with Crippen molar-refractivity contribution in [3.05, 3.63) is 0 Å². The van der Waals surface area contributed by atoms with Gasteiger partial charge >= 0.3 is 0 Å². The van der Waals surface area contributed by atoms with Gasteiger partial charge in [0.25, 0.3) is 0 Å². The maximum absolute atomic E-state index is 3.73. The zero-order chi connectivity index (χ0) is 11.2. The fraction of sp³-hybridized carbons (Fsp3) is 1.00. The van der Waals surface area contributed by atoms with Gasteiger partial charge in [0.1, 0.15) is 0 Å². The summed E-state index contributed by atoms with van der Waals surface area (Å²) in [7, 11) is 2.30. The van der Waals surface area contributed by atoms with E-state index >= 15 is 0 Å². The van der Waals surface area contributed by atoms with Crippen LogP contribution in [0.4, 0.5) is 0 Å². The molecule has 0 spiro atoms. The van der Waals surface area contributed by atoms with Gasteiger partial charge in [-0.1, -0.05) is 25.7 Å². The summed E-state index contributed by atoms with van der Waals surface area (Å²) < 4.78 is 0. The fourth-order valence-corrected chi connectivity index (χ4v) is 2.95. The predicted molar refractivity (Wildman–Crippen MR) is 69.8 cm³/mol. The minimum Gasteiger partial charge on any atom is -0.314 e. The van der Waals surface area contributed by atoms with Gasteiger partial charge in [-0.2, -0.15) is 0 Å². The van der Waals surface area contributed by atoms with Crippen LogP contribution in [-0.2, 0) is 0 Å². The highest BCUT2D eigenvalue weighted by Gasteiger charge is 2.21. The Bertz CT molecular complexity index is 179. The molecule has 0 atom stereocenters. The Morgan fingerprint density at radius 1 is 1.00 bits per heavy atom. The fourth-order valence-electron chi connectivity index (χ4n) is 2.95. The molecule has 2 heteroatoms. The summed E-state index contributed by atoms with van der Waals surface area (Å²) in [4.78, 5) is 2.56. The van der Waals surface area contributed by atoms with Gasteiger partial charge in [-0.25, -0.2) is 0 Å². The summed E-state index contributed by atoms with van der Waals surface area (Å²) in [5, 5.41) is 3.73.